The Labute approximate surface area is 218 Å². The van der Waals surface area contributed by atoms with Gasteiger partial charge in [0.05, 0.1) is 31.0 Å². The highest BCUT2D eigenvalue weighted by atomic mass is 79.9. The van der Waals surface area contributed by atoms with Crippen LogP contribution < -0.4 is 20.1 Å². The summed E-state index contributed by atoms with van der Waals surface area (Å²) in [5.74, 6) is 0.151. The van der Waals surface area contributed by atoms with Crippen LogP contribution in [0.2, 0.25) is 0 Å². The second-order valence-corrected chi connectivity index (χ2v) is 7.74. The van der Waals surface area contributed by atoms with Crippen molar-refractivity contribution in [1.82, 2.24) is 9.97 Å². The molecule has 0 saturated heterocycles. The van der Waals surface area contributed by atoms with Gasteiger partial charge in [-0.2, -0.15) is 0 Å². The van der Waals surface area contributed by atoms with Crippen molar-refractivity contribution in [1.29, 1.82) is 0 Å². The maximum Gasteiger partial charge on any atom is 0.335 e. The summed E-state index contributed by atoms with van der Waals surface area (Å²) in [5, 5.41) is 15.8. The molecule has 0 aliphatic heterocycles. The highest BCUT2D eigenvalue weighted by molar-refractivity contribution is 8.93. The molecular formula is C26H25BrN4O5. The fraction of sp³-hybridized carbons (Fsp3) is 0.154. The molecule has 1 amide bonds. The number of aromatic carboxylic acids is 1. The minimum atomic E-state index is -1.03. The zero-order valence-electron chi connectivity index (χ0n) is 20.1. The van der Waals surface area contributed by atoms with Gasteiger partial charge in [0, 0.05) is 35.3 Å². The molecule has 0 bridgehead atoms. The standard InChI is InChI=1S/C26H24N4O5.BrH/c1-14-10-16(8-9-18(14)25(32)33)24(31)28-17-7-5-6-15(11-17)23-19-12-21(34-3)22(35-4)13-20(19)29-26(27-2)30-23;/h5-13H,1-4H3,(H,28,31)(H,32,33)(H,27,29,30);1H. The van der Waals surface area contributed by atoms with Crippen molar-refractivity contribution in [3.63, 3.8) is 0 Å². The van der Waals surface area contributed by atoms with Gasteiger partial charge in [0.1, 0.15) is 0 Å². The number of nitrogens with one attached hydrogen (secondary N) is 2. The lowest BCUT2D eigenvalue weighted by Crippen LogP contribution is -2.13. The van der Waals surface area contributed by atoms with E-state index in [-0.39, 0.29) is 28.5 Å². The van der Waals surface area contributed by atoms with Crippen LogP contribution in [0.3, 0.4) is 0 Å². The Morgan fingerprint density at radius 3 is 2.31 bits per heavy atom. The SMILES string of the molecule is Br.CNc1nc(-c2cccc(NC(=O)c3ccc(C(=O)O)c(C)c3)c2)c2cc(OC)c(OC)cc2n1. The predicted molar refractivity (Wildman–Crippen MR) is 144 cm³/mol. The van der Waals surface area contributed by atoms with E-state index in [1.165, 1.54) is 12.1 Å². The maximum atomic E-state index is 12.8. The summed E-state index contributed by atoms with van der Waals surface area (Å²) in [4.78, 5) is 33.3. The van der Waals surface area contributed by atoms with Crippen LogP contribution in [0.4, 0.5) is 11.6 Å². The van der Waals surface area contributed by atoms with Crippen molar-refractivity contribution in [3.8, 4) is 22.8 Å². The van der Waals surface area contributed by atoms with Crippen LogP contribution >= 0.6 is 17.0 Å². The minimum Gasteiger partial charge on any atom is -0.493 e. The lowest BCUT2D eigenvalue weighted by Gasteiger charge is -2.14. The zero-order valence-corrected chi connectivity index (χ0v) is 21.8. The number of hydrogen-bond acceptors (Lipinski definition) is 7. The summed E-state index contributed by atoms with van der Waals surface area (Å²) in [6.45, 7) is 1.66. The molecule has 3 N–H and O–H groups in total. The largest absolute Gasteiger partial charge is 0.493 e. The van der Waals surface area contributed by atoms with Gasteiger partial charge in [-0.1, -0.05) is 12.1 Å². The quantitative estimate of drug-likeness (QED) is 0.286. The lowest BCUT2D eigenvalue weighted by atomic mass is 10.0. The molecule has 0 saturated carbocycles. The fourth-order valence-electron chi connectivity index (χ4n) is 3.78. The topological polar surface area (TPSA) is 123 Å². The number of aryl methyl sites for hydroxylation is 1. The van der Waals surface area contributed by atoms with Crippen LogP contribution in [0, 0.1) is 6.92 Å². The monoisotopic (exact) mass is 552 g/mol. The first-order valence-corrected chi connectivity index (χ1v) is 10.7. The predicted octanol–water partition coefficient (Wildman–Crippen LogP) is 5.19. The van der Waals surface area contributed by atoms with Crippen LogP contribution in [0.15, 0.2) is 54.6 Å². The molecule has 9 nitrogen and oxygen atoms in total. The Balaban J connectivity index is 0.00000361. The molecule has 4 rings (SSSR count). The van der Waals surface area contributed by atoms with Gasteiger partial charge < -0.3 is 25.2 Å². The Bertz CT molecular complexity index is 1460. The molecule has 0 atom stereocenters. The molecule has 0 fully saturated rings. The second kappa shape index (κ2) is 11.0. The number of benzene rings is 3. The minimum absolute atomic E-state index is 0. The average molecular weight is 553 g/mol. The number of amides is 1. The van der Waals surface area contributed by atoms with E-state index in [0.717, 1.165) is 10.9 Å². The number of carboxylic acid groups (broad SMARTS) is 1. The molecule has 1 heterocycles. The number of aromatic nitrogens is 2. The first-order valence-electron chi connectivity index (χ1n) is 10.7. The van der Waals surface area contributed by atoms with E-state index in [4.69, 9.17) is 9.47 Å². The number of ether oxygens (including phenoxy) is 2. The van der Waals surface area contributed by atoms with Gasteiger partial charge in [-0.25, -0.2) is 14.8 Å². The van der Waals surface area contributed by atoms with E-state index in [9.17, 15) is 14.7 Å². The Morgan fingerprint density at radius 2 is 1.67 bits per heavy atom. The highest BCUT2D eigenvalue weighted by Crippen LogP contribution is 2.36. The van der Waals surface area contributed by atoms with Crippen LogP contribution in [-0.4, -0.2) is 48.2 Å². The number of nitrogens with zero attached hydrogens (tertiary/aromatic N) is 2. The van der Waals surface area contributed by atoms with Gasteiger partial charge >= 0.3 is 5.97 Å². The van der Waals surface area contributed by atoms with Crippen molar-refractivity contribution < 1.29 is 24.2 Å². The molecule has 36 heavy (non-hydrogen) atoms. The molecule has 186 valence electrons. The number of carbonyl (C=O) groups is 2. The average Bonchev–Trinajstić information content (AvgIpc) is 2.86. The highest BCUT2D eigenvalue weighted by Gasteiger charge is 2.16. The van der Waals surface area contributed by atoms with Gasteiger partial charge in [-0.05, 0) is 48.9 Å². The summed E-state index contributed by atoms with van der Waals surface area (Å²) in [6, 6.07) is 15.4. The summed E-state index contributed by atoms with van der Waals surface area (Å²) in [6.07, 6.45) is 0. The first kappa shape index (κ1) is 26.4. The number of halogens is 1. The summed E-state index contributed by atoms with van der Waals surface area (Å²) in [5.41, 5.74) is 3.67. The Hall–Kier alpha value is -4.18. The molecule has 3 aromatic carbocycles. The summed E-state index contributed by atoms with van der Waals surface area (Å²) in [7, 11) is 4.86. The number of methoxy groups -OCH3 is 2. The summed E-state index contributed by atoms with van der Waals surface area (Å²) >= 11 is 0. The van der Waals surface area contributed by atoms with Gasteiger partial charge in [0.25, 0.3) is 5.91 Å². The number of hydrogen-bond donors (Lipinski definition) is 3. The number of fused-ring (bicyclic) bond motifs is 1. The fourth-order valence-corrected chi connectivity index (χ4v) is 3.78. The second-order valence-electron chi connectivity index (χ2n) is 7.74. The number of rotatable bonds is 7. The Kier molecular flexibility index (Phi) is 8.11. The Morgan fingerprint density at radius 1 is 0.944 bits per heavy atom. The van der Waals surface area contributed by atoms with E-state index in [1.807, 2.05) is 24.3 Å². The van der Waals surface area contributed by atoms with Crippen molar-refractivity contribution >= 4 is 51.4 Å². The number of carbonyl (C=O) groups excluding carboxylic acids is 1. The van der Waals surface area contributed by atoms with Gasteiger partial charge in [-0.3, -0.25) is 4.79 Å². The van der Waals surface area contributed by atoms with Crippen molar-refractivity contribution in [3.05, 3.63) is 71.3 Å². The normalized spacial score (nSPS) is 10.3. The smallest absolute Gasteiger partial charge is 0.335 e. The van der Waals surface area contributed by atoms with Crippen molar-refractivity contribution in [2.75, 3.05) is 31.9 Å². The third kappa shape index (κ3) is 5.23. The third-order valence-electron chi connectivity index (χ3n) is 5.54. The molecule has 0 radical (unpaired) electrons. The molecule has 0 aliphatic carbocycles. The molecule has 10 heteroatoms. The maximum absolute atomic E-state index is 12.8. The van der Waals surface area contributed by atoms with E-state index in [0.29, 0.717) is 45.5 Å². The van der Waals surface area contributed by atoms with Crippen molar-refractivity contribution in [2.24, 2.45) is 0 Å². The molecule has 0 spiro atoms. The van der Waals surface area contributed by atoms with E-state index in [2.05, 4.69) is 20.6 Å². The van der Waals surface area contributed by atoms with Gasteiger partial charge in [0.2, 0.25) is 5.95 Å². The molecule has 0 aliphatic rings. The van der Waals surface area contributed by atoms with Gasteiger partial charge in [-0.15, -0.1) is 17.0 Å². The summed E-state index contributed by atoms with van der Waals surface area (Å²) < 4.78 is 10.9. The van der Waals surface area contributed by atoms with Crippen LogP contribution in [0.1, 0.15) is 26.3 Å². The lowest BCUT2D eigenvalue weighted by molar-refractivity contribution is 0.0695. The van der Waals surface area contributed by atoms with Crippen LogP contribution in [0.5, 0.6) is 11.5 Å². The third-order valence-corrected chi connectivity index (χ3v) is 5.54. The van der Waals surface area contributed by atoms with Crippen LogP contribution in [0.25, 0.3) is 22.2 Å². The van der Waals surface area contributed by atoms with Gasteiger partial charge in [0.15, 0.2) is 11.5 Å². The molecular weight excluding hydrogens is 528 g/mol. The number of anilines is 2. The van der Waals surface area contributed by atoms with E-state index in [1.54, 1.807) is 46.4 Å². The zero-order chi connectivity index (χ0) is 25.1. The first-order chi connectivity index (χ1) is 16.8. The van der Waals surface area contributed by atoms with E-state index < -0.39 is 5.97 Å². The van der Waals surface area contributed by atoms with Crippen molar-refractivity contribution in [2.45, 2.75) is 6.92 Å². The molecule has 4 aromatic rings. The van der Waals surface area contributed by atoms with Crippen LogP contribution in [-0.2, 0) is 0 Å². The molecule has 0 unspecified atom stereocenters. The van der Waals surface area contributed by atoms with E-state index >= 15 is 0 Å². The molecule has 1 aromatic heterocycles. The number of carboxylic acids is 1.